The largest absolute Gasteiger partial charge is 0.436 e. The smallest absolute Gasteiger partial charge is 0.425 e. The van der Waals surface area contributed by atoms with Crippen LogP contribution in [0, 0.1) is 6.92 Å². The van der Waals surface area contributed by atoms with E-state index in [1.807, 2.05) is 0 Å². The Labute approximate surface area is 257 Å². The van der Waals surface area contributed by atoms with Crippen LogP contribution in [-0.4, -0.2) is 45.1 Å². The summed E-state index contributed by atoms with van der Waals surface area (Å²) >= 11 is 0. The molecule has 0 bridgehead atoms. The number of rotatable bonds is 5. The molecule has 0 spiro atoms. The predicted molar refractivity (Wildman–Crippen MR) is 139 cm³/mol. The van der Waals surface area contributed by atoms with E-state index in [9.17, 15) is 57.5 Å². The molecular formula is C27H24F12N6O2. The van der Waals surface area contributed by atoms with Crippen LogP contribution in [0.15, 0.2) is 30.3 Å². The SMILES string of the molecule is Cc1cc2c(cc1C(F)(F)F)N(C(=O)OC(C)C(F)(F)F)CCC[C@@H]2N(Cc1cc(C(F)(F)F)cc(C(F)(F)F)c1)c1nnn(C)n1. The Kier molecular flexibility index (Phi) is 9.39. The Morgan fingerprint density at radius 1 is 0.936 bits per heavy atom. The Morgan fingerprint density at radius 2 is 1.53 bits per heavy atom. The molecule has 20 heteroatoms. The van der Waals surface area contributed by atoms with E-state index < -0.39 is 89.5 Å². The van der Waals surface area contributed by atoms with Crippen LogP contribution in [0.25, 0.3) is 0 Å². The van der Waals surface area contributed by atoms with Crippen LogP contribution in [-0.2, 0) is 36.9 Å². The topological polar surface area (TPSA) is 76.4 Å². The maximum absolute atomic E-state index is 14.0. The first kappa shape index (κ1) is 35.6. The van der Waals surface area contributed by atoms with Crippen LogP contribution in [0.2, 0.25) is 0 Å². The summed E-state index contributed by atoms with van der Waals surface area (Å²) in [6.45, 7) is 0.351. The number of carbonyl (C=O) groups excluding carboxylic acids is 1. The molecule has 0 saturated carbocycles. The lowest BCUT2D eigenvalue weighted by Crippen LogP contribution is -2.39. The molecule has 0 N–H and O–H groups in total. The van der Waals surface area contributed by atoms with Crippen molar-refractivity contribution >= 4 is 17.7 Å². The number of hydrogen-bond acceptors (Lipinski definition) is 6. The summed E-state index contributed by atoms with van der Waals surface area (Å²) in [6, 6.07) is 1.10. The number of nitrogens with zero attached hydrogens (tertiary/aromatic N) is 6. The first-order valence-electron chi connectivity index (χ1n) is 13.5. The fourth-order valence-electron chi connectivity index (χ4n) is 5.06. The van der Waals surface area contributed by atoms with Gasteiger partial charge in [0.1, 0.15) is 0 Å². The quantitative estimate of drug-likeness (QED) is 0.252. The van der Waals surface area contributed by atoms with E-state index in [4.69, 9.17) is 0 Å². The van der Waals surface area contributed by atoms with Gasteiger partial charge in [-0.15, -0.1) is 5.10 Å². The minimum Gasteiger partial charge on any atom is -0.436 e. The van der Waals surface area contributed by atoms with E-state index in [0.717, 1.165) is 22.7 Å². The Morgan fingerprint density at radius 3 is 2.02 bits per heavy atom. The van der Waals surface area contributed by atoms with Gasteiger partial charge in [0.25, 0.3) is 5.95 Å². The number of aromatic nitrogens is 4. The number of ether oxygens (including phenoxy) is 1. The number of anilines is 2. The fraction of sp³-hybridized carbons (Fsp3) is 0.481. The molecule has 1 aliphatic heterocycles. The number of benzene rings is 2. The molecule has 0 fully saturated rings. The zero-order valence-electron chi connectivity index (χ0n) is 24.4. The highest BCUT2D eigenvalue weighted by Crippen LogP contribution is 2.44. The average Bonchev–Trinajstić information content (AvgIpc) is 3.27. The number of fused-ring (bicyclic) bond motifs is 1. The highest BCUT2D eigenvalue weighted by Gasteiger charge is 2.43. The van der Waals surface area contributed by atoms with Crippen molar-refractivity contribution in [1.29, 1.82) is 0 Å². The third-order valence-corrected chi connectivity index (χ3v) is 7.28. The average molecular weight is 693 g/mol. The zero-order chi connectivity index (χ0) is 35.3. The van der Waals surface area contributed by atoms with E-state index in [1.165, 1.54) is 7.05 Å². The zero-order valence-corrected chi connectivity index (χ0v) is 24.4. The molecule has 0 saturated heterocycles. The molecule has 1 aliphatic rings. The van der Waals surface area contributed by atoms with E-state index in [2.05, 4.69) is 20.1 Å². The third-order valence-electron chi connectivity index (χ3n) is 7.28. The Hall–Kier alpha value is -4.26. The summed E-state index contributed by atoms with van der Waals surface area (Å²) in [4.78, 5) is 15.6. The summed E-state index contributed by atoms with van der Waals surface area (Å²) in [6.07, 6.45) is -24.9. The van der Waals surface area contributed by atoms with E-state index in [0.29, 0.717) is 30.0 Å². The van der Waals surface area contributed by atoms with Gasteiger partial charge in [-0.25, -0.2) is 4.79 Å². The molecule has 2 atom stereocenters. The van der Waals surface area contributed by atoms with Crippen molar-refractivity contribution in [2.75, 3.05) is 16.3 Å². The van der Waals surface area contributed by atoms with Gasteiger partial charge < -0.3 is 9.64 Å². The van der Waals surface area contributed by atoms with Crippen molar-refractivity contribution < 1.29 is 62.2 Å². The lowest BCUT2D eigenvalue weighted by molar-refractivity contribution is -0.196. The van der Waals surface area contributed by atoms with Gasteiger partial charge in [0.15, 0.2) is 6.10 Å². The maximum Gasteiger partial charge on any atom is 0.425 e. The van der Waals surface area contributed by atoms with Crippen molar-refractivity contribution in [3.63, 3.8) is 0 Å². The lowest BCUT2D eigenvalue weighted by atomic mass is 9.94. The van der Waals surface area contributed by atoms with Gasteiger partial charge >= 0.3 is 30.8 Å². The number of carbonyl (C=O) groups is 1. The highest BCUT2D eigenvalue weighted by molar-refractivity contribution is 5.89. The van der Waals surface area contributed by atoms with E-state index in [-0.39, 0.29) is 30.4 Å². The number of tetrazole rings is 1. The summed E-state index contributed by atoms with van der Waals surface area (Å²) < 4.78 is 168. The van der Waals surface area contributed by atoms with Crippen LogP contribution < -0.4 is 9.80 Å². The van der Waals surface area contributed by atoms with Crippen molar-refractivity contribution in [3.05, 3.63) is 63.7 Å². The fourth-order valence-corrected chi connectivity index (χ4v) is 5.06. The molecule has 0 aliphatic carbocycles. The van der Waals surface area contributed by atoms with Crippen LogP contribution >= 0.6 is 0 Å². The first-order chi connectivity index (χ1) is 21.5. The van der Waals surface area contributed by atoms with Gasteiger partial charge in [0, 0.05) is 13.1 Å². The molecular weight excluding hydrogens is 668 g/mol. The Bertz CT molecular complexity index is 1580. The third kappa shape index (κ3) is 8.01. The summed E-state index contributed by atoms with van der Waals surface area (Å²) in [7, 11) is 1.29. The van der Waals surface area contributed by atoms with Crippen LogP contribution in [0.4, 0.5) is 69.1 Å². The number of alkyl halides is 12. The number of halogens is 12. The predicted octanol–water partition coefficient (Wildman–Crippen LogP) is 8.01. The monoisotopic (exact) mass is 692 g/mol. The first-order valence-corrected chi connectivity index (χ1v) is 13.5. The molecule has 1 unspecified atom stereocenters. The minimum absolute atomic E-state index is 0.0805. The standard InChI is InChI=1S/C27H24F12N6O2/c1-13-7-18-20(5-4-6-44(21(18)11-19(13)27(37,38)39)23(46)47-14(2)24(28,29)30)45(22-40-42-43(3)41-22)12-15-8-16(25(31,32)33)10-17(9-15)26(34,35)36/h7-11,14,20H,4-6,12H2,1-3H3/t14?,20-/m0/s1. The van der Waals surface area contributed by atoms with Crippen LogP contribution in [0.5, 0.6) is 0 Å². The van der Waals surface area contributed by atoms with E-state index >= 15 is 0 Å². The molecule has 8 nitrogen and oxygen atoms in total. The lowest BCUT2D eigenvalue weighted by Gasteiger charge is -2.33. The maximum atomic E-state index is 14.0. The normalized spacial score (nSPS) is 16.8. The van der Waals surface area contributed by atoms with E-state index in [1.54, 1.807) is 0 Å². The van der Waals surface area contributed by atoms with Crippen molar-refractivity contribution in [2.45, 2.75) is 70.1 Å². The number of hydrogen-bond donors (Lipinski definition) is 0. The second-order valence-corrected chi connectivity index (χ2v) is 10.7. The van der Waals surface area contributed by atoms with Crippen molar-refractivity contribution in [3.8, 4) is 0 Å². The second kappa shape index (κ2) is 12.4. The molecule has 1 amide bonds. The molecule has 47 heavy (non-hydrogen) atoms. The molecule has 2 aromatic carbocycles. The molecule has 4 rings (SSSR count). The van der Waals surface area contributed by atoms with Gasteiger partial charge in [0.05, 0.1) is 35.5 Å². The molecule has 258 valence electrons. The molecule has 3 aromatic rings. The van der Waals surface area contributed by atoms with Crippen LogP contribution in [0.3, 0.4) is 0 Å². The van der Waals surface area contributed by atoms with Gasteiger partial charge in [-0.2, -0.15) is 57.5 Å². The summed E-state index contributed by atoms with van der Waals surface area (Å²) in [5.74, 6) is -0.353. The highest BCUT2D eigenvalue weighted by atomic mass is 19.4. The van der Waals surface area contributed by atoms with Gasteiger partial charge in [-0.3, -0.25) is 4.90 Å². The molecule has 1 aromatic heterocycles. The van der Waals surface area contributed by atoms with Gasteiger partial charge in [-0.1, -0.05) is 11.2 Å². The number of amides is 1. The van der Waals surface area contributed by atoms with Gasteiger partial charge in [0.2, 0.25) is 0 Å². The second-order valence-electron chi connectivity index (χ2n) is 10.7. The number of aryl methyl sites for hydroxylation is 2. The van der Waals surface area contributed by atoms with Crippen LogP contribution in [0.1, 0.15) is 59.2 Å². The summed E-state index contributed by atoms with van der Waals surface area (Å²) in [5.41, 5.74) is -6.13. The summed E-state index contributed by atoms with van der Waals surface area (Å²) in [5, 5.41) is 11.4. The molecule has 2 heterocycles. The van der Waals surface area contributed by atoms with Gasteiger partial charge in [-0.05, 0) is 72.9 Å². The van der Waals surface area contributed by atoms with Crippen molar-refractivity contribution in [1.82, 2.24) is 20.2 Å². The Balaban J connectivity index is 1.91. The molecule has 0 radical (unpaired) electrons. The minimum atomic E-state index is -5.19. The van der Waals surface area contributed by atoms with Crippen molar-refractivity contribution in [2.24, 2.45) is 7.05 Å².